The molecule has 2 aromatic rings. The second-order valence-corrected chi connectivity index (χ2v) is 5.81. The molecule has 0 fully saturated rings. The highest BCUT2D eigenvalue weighted by Gasteiger charge is 2.10. The number of aromatic nitrogens is 2. The highest BCUT2D eigenvalue weighted by Crippen LogP contribution is 2.12. The topological polar surface area (TPSA) is 85.3 Å². The van der Waals surface area contributed by atoms with E-state index in [0.717, 1.165) is 30.0 Å². The second-order valence-electron chi connectivity index (χ2n) is 5.81. The van der Waals surface area contributed by atoms with Crippen LogP contribution in [0.25, 0.3) is 0 Å². The molecule has 0 spiro atoms. The van der Waals surface area contributed by atoms with E-state index < -0.39 is 0 Å². The number of ether oxygens (including phenoxy) is 1. The van der Waals surface area contributed by atoms with Crippen molar-refractivity contribution in [2.45, 2.75) is 40.2 Å². The normalized spacial score (nSPS) is 10.4. The van der Waals surface area contributed by atoms with E-state index in [2.05, 4.69) is 22.9 Å². The number of unbranched alkanes of at least 4 members (excludes halogenated alkanes) is 1. The van der Waals surface area contributed by atoms with Crippen LogP contribution in [0.5, 0.6) is 5.75 Å². The molecule has 0 radical (unpaired) electrons. The van der Waals surface area contributed by atoms with Crippen molar-refractivity contribution in [1.82, 2.24) is 20.6 Å². The van der Waals surface area contributed by atoms with Crippen molar-refractivity contribution in [3.63, 3.8) is 0 Å². The fraction of sp³-hybridized carbons (Fsp3) is 0.389. The van der Waals surface area contributed by atoms with Crippen molar-refractivity contribution in [2.75, 3.05) is 6.61 Å². The monoisotopic (exact) mass is 344 g/mol. The minimum Gasteiger partial charge on any atom is -0.494 e. The van der Waals surface area contributed by atoms with Gasteiger partial charge in [-0.1, -0.05) is 13.3 Å². The van der Waals surface area contributed by atoms with Gasteiger partial charge < -0.3 is 4.74 Å². The summed E-state index contributed by atoms with van der Waals surface area (Å²) in [5.41, 5.74) is 6.96. The maximum atomic E-state index is 12.1. The van der Waals surface area contributed by atoms with Gasteiger partial charge in [-0.25, -0.2) is 0 Å². The number of aryl methyl sites for hydroxylation is 2. The molecule has 7 nitrogen and oxygen atoms in total. The number of hydrogen-bond donors (Lipinski definition) is 2. The quantitative estimate of drug-likeness (QED) is 0.595. The zero-order valence-electron chi connectivity index (χ0n) is 14.8. The molecule has 7 heteroatoms. The summed E-state index contributed by atoms with van der Waals surface area (Å²) in [4.78, 5) is 24.0. The van der Waals surface area contributed by atoms with Crippen LogP contribution < -0.4 is 15.6 Å². The summed E-state index contributed by atoms with van der Waals surface area (Å²) in [6.45, 7) is 6.53. The van der Waals surface area contributed by atoms with Gasteiger partial charge >= 0.3 is 0 Å². The molecule has 0 bridgehead atoms. The van der Waals surface area contributed by atoms with Gasteiger partial charge in [0, 0.05) is 11.3 Å². The number of nitrogens with zero attached hydrogens (tertiary/aromatic N) is 2. The van der Waals surface area contributed by atoms with Crippen LogP contribution in [0.2, 0.25) is 0 Å². The van der Waals surface area contributed by atoms with E-state index in [-0.39, 0.29) is 18.4 Å². The van der Waals surface area contributed by atoms with Crippen LogP contribution in [-0.2, 0) is 11.3 Å². The fourth-order valence-electron chi connectivity index (χ4n) is 2.25. The van der Waals surface area contributed by atoms with Crippen LogP contribution in [0.15, 0.2) is 30.3 Å². The Hall–Kier alpha value is -2.83. The van der Waals surface area contributed by atoms with Gasteiger partial charge in [-0.3, -0.25) is 25.1 Å². The Bertz CT molecular complexity index is 722. The van der Waals surface area contributed by atoms with E-state index in [1.165, 1.54) is 0 Å². The smallest absolute Gasteiger partial charge is 0.269 e. The van der Waals surface area contributed by atoms with Gasteiger partial charge in [0.05, 0.1) is 12.3 Å². The first-order valence-corrected chi connectivity index (χ1v) is 8.32. The molecule has 2 N–H and O–H groups in total. The molecule has 25 heavy (non-hydrogen) atoms. The van der Waals surface area contributed by atoms with E-state index in [9.17, 15) is 9.59 Å². The van der Waals surface area contributed by atoms with Crippen LogP contribution in [0.3, 0.4) is 0 Å². The number of rotatable bonds is 7. The van der Waals surface area contributed by atoms with Gasteiger partial charge in [0.2, 0.25) is 0 Å². The maximum absolute atomic E-state index is 12.1. The lowest BCUT2D eigenvalue weighted by Crippen LogP contribution is -2.43. The van der Waals surface area contributed by atoms with Gasteiger partial charge in [0.25, 0.3) is 11.8 Å². The lowest BCUT2D eigenvalue weighted by molar-refractivity contribution is -0.122. The number of amides is 2. The standard InChI is InChI=1S/C18H24N4O3/c1-4-5-10-25-16-8-6-15(7-9-16)18(24)20-19-17(23)12-22-14(3)11-13(2)21-22/h6-9,11H,4-5,10,12H2,1-3H3,(H,19,23)(H,20,24). The minimum absolute atomic E-state index is 0.0458. The first kappa shape index (κ1) is 18.5. The molecule has 0 aliphatic carbocycles. The molecule has 1 aromatic heterocycles. The number of carbonyl (C=O) groups is 2. The first-order chi connectivity index (χ1) is 12.0. The molecule has 1 aromatic carbocycles. The number of nitrogens with one attached hydrogen (secondary N) is 2. The largest absolute Gasteiger partial charge is 0.494 e. The van der Waals surface area contributed by atoms with Gasteiger partial charge in [0.1, 0.15) is 12.3 Å². The summed E-state index contributed by atoms with van der Waals surface area (Å²) in [6.07, 6.45) is 2.06. The predicted molar refractivity (Wildman–Crippen MR) is 94.2 cm³/mol. The zero-order valence-corrected chi connectivity index (χ0v) is 14.8. The summed E-state index contributed by atoms with van der Waals surface area (Å²) in [6, 6.07) is 8.67. The molecule has 1 heterocycles. The first-order valence-electron chi connectivity index (χ1n) is 8.32. The van der Waals surface area contributed by atoms with Crippen LogP contribution in [0, 0.1) is 13.8 Å². The number of hydrazine groups is 1. The second kappa shape index (κ2) is 8.86. The third-order valence-electron chi connectivity index (χ3n) is 3.60. The number of benzene rings is 1. The average molecular weight is 344 g/mol. The van der Waals surface area contributed by atoms with Crippen molar-refractivity contribution in [3.05, 3.63) is 47.3 Å². The molecule has 0 aliphatic rings. The highest BCUT2D eigenvalue weighted by molar-refractivity contribution is 5.95. The molecule has 2 rings (SSSR count). The Morgan fingerprint density at radius 2 is 1.88 bits per heavy atom. The summed E-state index contributed by atoms with van der Waals surface area (Å²) in [5.74, 6) is -0.0144. The van der Waals surface area contributed by atoms with Crippen molar-refractivity contribution in [1.29, 1.82) is 0 Å². The van der Waals surface area contributed by atoms with Crippen LogP contribution in [0.1, 0.15) is 41.5 Å². The van der Waals surface area contributed by atoms with E-state index in [0.29, 0.717) is 12.2 Å². The molecule has 0 saturated carbocycles. The lowest BCUT2D eigenvalue weighted by Gasteiger charge is -2.09. The Morgan fingerprint density at radius 1 is 1.16 bits per heavy atom. The molecule has 2 amide bonds. The fourth-order valence-corrected chi connectivity index (χ4v) is 2.25. The summed E-state index contributed by atoms with van der Waals surface area (Å²) in [7, 11) is 0. The third kappa shape index (κ3) is 5.63. The maximum Gasteiger partial charge on any atom is 0.269 e. The molecular formula is C18H24N4O3. The Labute approximate surface area is 147 Å². The van der Waals surface area contributed by atoms with Crippen molar-refractivity contribution in [3.8, 4) is 5.75 Å². The van der Waals surface area contributed by atoms with Gasteiger partial charge in [-0.05, 0) is 50.6 Å². The molecule has 0 atom stereocenters. The third-order valence-corrected chi connectivity index (χ3v) is 3.60. The predicted octanol–water partition coefficient (Wildman–Crippen LogP) is 2.14. The summed E-state index contributed by atoms with van der Waals surface area (Å²) in [5, 5.41) is 4.20. The van der Waals surface area contributed by atoms with Crippen LogP contribution in [0.4, 0.5) is 0 Å². The van der Waals surface area contributed by atoms with Gasteiger partial charge in [0.15, 0.2) is 0 Å². The molecule has 0 unspecified atom stereocenters. The van der Waals surface area contributed by atoms with Crippen molar-refractivity contribution < 1.29 is 14.3 Å². The Morgan fingerprint density at radius 3 is 2.48 bits per heavy atom. The van der Waals surface area contributed by atoms with Crippen LogP contribution >= 0.6 is 0 Å². The summed E-state index contributed by atoms with van der Waals surface area (Å²) < 4.78 is 7.13. The number of carbonyl (C=O) groups excluding carboxylic acids is 2. The lowest BCUT2D eigenvalue weighted by atomic mass is 10.2. The summed E-state index contributed by atoms with van der Waals surface area (Å²) >= 11 is 0. The Kier molecular flexibility index (Phi) is 6.56. The van der Waals surface area contributed by atoms with Crippen molar-refractivity contribution in [2.24, 2.45) is 0 Å². The van der Waals surface area contributed by atoms with Crippen molar-refractivity contribution >= 4 is 11.8 Å². The highest BCUT2D eigenvalue weighted by atomic mass is 16.5. The number of hydrogen-bond acceptors (Lipinski definition) is 4. The van der Waals surface area contributed by atoms with E-state index in [1.807, 2.05) is 19.9 Å². The van der Waals surface area contributed by atoms with Gasteiger partial charge in [-0.2, -0.15) is 5.10 Å². The molecule has 0 saturated heterocycles. The minimum atomic E-state index is -0.387. The molecule has 0 aliphatic heterocycles. The SMILES string of the molecule is CCCCOc1ccc(C(=O)NNC(=O)Cn2nc(C)cc2C)cc1. The molecule has 134 valence electrons. The van der Waals surface area contributed by atoms with E-state index >= 15 is 0 Å². The van der Waals surface area contributed by atoms with Gasteiger partial charge in [-0.15, -0.1) is 0 Å². The zero-order chi connectivity index (χ0) is 18.2. The average Bonchev–Trinajstić information content (AvgIpc) is 2.90. The Balaban J connectivity index is 1.81. The van der Waals surface area contributed by atoms with E-state index in [1.54, 1.807) is 28.9 Å². The molecular weight excluding hydrogens is 320 g/mol. The van der Waals surface area contributed by atoms with E-state index in [4.69, 9.17) is 4.74 Å². The van der Waals surface area contributed by atoms with Crippen LogP contribution in [-0.4, -0.2) is 28.2 Å².